The van der Waals surface area contributed by atoms with Crippen molar-refractivity contribution in [1.82, 2.24) is 0 Å². The van der Waals surface area contributed by atoms with Crippen LogP contribution in [-0.2, 0) is 4.79 Å². The Balaban J connectivity index is 2.05. The highest BCUT2D eigenvalue weighted by Gasteiger charge is 2.32. The maximum absolute atomic E-state index is 13.1. The summed E-state index contributed by atoms with van der Waals surface area (Å²) in [6, 6.07) is 11.6. The van der Waals surface area contributed by atoms with Crippen molar-refractivity contribution in [3.05, 3.63) is 52.0 Å². The van der Waals surface area contributed by atoms with Crippen LogP contribution in [-0.4, -0.2) is 26.2 Å². The molecule has 28 heavy (non-hydrogen) atoms. The number of ether oxygens (including phenoxy) is 2. The molecule has 0 saturated carbocycles. The fourth-order valence-electron chi connectivity index (χ4n) is 3.24. The monoisotopic (exact) mass is 439 g/mol. The maximum atomic E-state index is 13.1. The van der Waals surface area contributed by atoms with Crippen LogP contribution in [0.3, 0.4) is 0 Å². The third-order valence-electron chi connectivity index (χ3n) is 4.37. The summed E-state index contributed by atoms with van der Waals surface area (Å²) < 4.78 is 11.7. The summed E-state index contributed by atoms with van der Waals surface area (Å²) in [7, 11) is 1.57. The van der Waals surface area contributed by atoms with Crippen molar-refractivity contribution in [1.29, 1.82) is 0 Å². The molecule has 1 aliphatic rings. The summed E-state index contributed by atoms with van der Waals surface area (Å²) >= 11 is 3.51. The van der Waals surface area contributed by atoms with Gasteiger partial charge in [-0.3, -0.25) is 4.79 Å². The Morgan fingerprint density at radius 3 is 2.71 bits per heavy atom. The van der Waals surface area contributed by atoms with E-state index in [4.69, 9.17) is 15.9 Å². The van der Waals surface area contributed by atoms with Crippen molar-refractivity contribution in [2.75, 3.05) is 25.2 Å². The number of carbonyl (C=O) groups excluding carboxylic acids is 1. The summed E-state index contributed by atoms with van der Waals surface area (Å²) in [6.07, 6.45) is 7.17. The van der Waals surface area contributed by atoms with Crippen LogP contribution in [0, 0.1) is 18.3 Å². The van der Waals surface area contributed by atoms with Crippen LogP contribution in [0.15, 0.2) is 40.9 Å². The van der Waals surface area contributed by atoms with E-state index in [0.717, 1.165) is 16.8 Å². The molecule has 2 aromatic carbocycles. The number of halogens is 1. The van der Waals surface area contributed by atoms with Crippen LogP contribution in [0.1, 0.15) is 25.0 Å². The molecule has 0 atom stereocenters. The Hall–Kier alpha value is -2.71. The first-order valence-corrected chi connectivity index (χ1v) is 9.82. The van der Waals surface area contributed by atoms with E-state index in [9.17, 15) is 4.79 Å². The summed E-state index contributed by atoms with van der Waals surface area (Å²) in [4.78, 5) is 15.0. The van der Waals surface area contributed by atoms with Crippen LogP contribution in [0.2, 0.25) is 0 Å². The number of amides is 1. The number of hydrogen-bond donors (Lipinski definition) is 0. The number of carbonyl (C=O) groups is 1. The van der Waals surface area contributed by atoms with Crippen LogP contribution < -0.4 is 14.4 Å². The van der Waals surface area contributed by atoms with Gasteiger partial charge in [-0.05, 0) is 51.7 Å². The van der Waals surface area contributed by atoms with Crippen LogP contribution in [0.25, 0.3) is 11.6 Å². The lowest BCUT2D eigenvalue weighted by atomic mass is 10.0. The molecule has 0 aliphatic carbocycles. The van der Waals surface area contributed by atoms with E-state index in [1.54, 1.807) is 7.11 Å². The first kappa shape index (κ1) is 20.0. The number of fused-ring (bicyclic) bond motifs is 1. The van der Waals surface area contributed by atoms with Gasteiger partial charge in [-0.2, -0.15) is 0 Å². The van der Waals surface area contributed by atoms with E-state index < -0.39 is 0 Å². The minimum absolute atomic E-state index is 0.0117. The maximum Gasteiger partial charge on any atom is 0.259 e. The van der Waals surface area contributed by atoms with Crippen molar-refractivity contribution < 1.29 is 14.3 Å². The number of methoxy groups -OCH3 is 1. The number of anilines is 1. The molecule has 1 heterocycles. The Labute approximate surface area is 174 Å². The van der Waals surface area contributed by atoms with Crippen LogP contribution >= 0.6 is 15.9 Å². The first-order chi connectivity index (χ1) is 13.5. The Kier molecular flexibility index (Phi) is 6.11. The Morgan fingerprint density at radius 1 is 1.29 bits per heavy atom. The van der Waals surface area contributed by atoms with Crippen molar-refractivity contribution in [3.8, 4) is 23.8 Å². The van der Waals surface area contributed by atoms with Gasteiger partial charge in [0.05, 0.1) is 17.3 Å². The topological polar surface area (TPSA) is 38.8 Å². The number of para-hydroxylation sites is 1. The fourth-order valence-corrected chi connectivity index (χ4v) is 3.81. The van der Waals surface area contributed by atoms with Crippen molar-refractivity contribution in [2.24, 2.45) is 5.92 Å². The van der Waals surface area contributed by atoms with Gasteiger partial charge in [-0.15, -0.1) is 6.42 Å². The highest BCUT2D eigenvalue weighted by molar-refractivity contribution is 9.10. The lowest BCUT2D eigenvalue weighted by molar-refractivity contribution is -0.113. The van der Waals surface area contributed by atoms with Crippen molar-refractivity contribution in [2.45, 2.75) is 13.8 Å². The average molecular weight is 440 g/mol. The number of nitrogens with zero attached hydrogens (tertiary/aromatic N) is 1. The molecule has 4 nitrogen and oxygen atoms in total. The largest absolute Gasteiger partial charge is 0.493 e. The summed E-state index contributed by atoms with van der Waals surface area (Å²) in [5.41, 5.74) is 3.40. The minimum Gasteiger partial charge on any atom is -0.493 e. The zero-order valence-electron chi connectivity index (χ0n) is 16.2. The number of hydrogen-bond acceptors (Lipinski definition) is 3. The van der Waals surface area contributed by atoms with Gasteiger partial charge < -0.3 is 14.4 Å². The third kappa shape index (κ3) is 3.93. The summed E-state index contributed by atoms with van der Waals surface area (Å²) in [6.45, 7) is 5.04. The normalized spacial score (nSPS) is 14.4. The van der Waals surface area contributed by atoms with E-state index in [2.05, 4.69) is 35.7 Å². The predicted molar refractivity (Wildman–Crippen MR) is 117 cm³/mol. The van der Waals surface area contributed by atoms with Crippen molar-refractivity contribution >= 4 is 39.2 Å². The molecule has 0 aromatic heterocycles. The smallest absolute Gasteiger partial charge is 0.259 e. The van der Waals surface area contributed by atoms with Gasteiger partial charge in [0.25, 0.3) is 5.91 Å². The molecule has 0 unspecified atom stereocenters. The van der Waals surface area contributed by atoms with Crippen LogP contribution in [0.4, 0.5) is 5.69 Å². The molecule has 1 amide bonds. The Morgan fingerprint density at radius 2 is 2.04 bits per heavy atom. The van der Waals surface area contributed by atoms with Gasteiger partial charge in [0.15, 0.2) is 11.5 Å². The second kappa shape index (κ2) is 8.53. The minimum atomic E-state index is 0.0117. The molecule has 144 valence electrons. The van der Waals surface area contributed by atoms with Gasteiger partial charge in [0.1, 0.15) is 6.61 Å². The zero-order chi connectivity index (χ0) is 20.3. The lowest BCUT2D eigenvalue weighted by Gasteiger charge is -2.19. The highest BCUT2D eigenvalue weighted by Crippen LogP contribution is 2.41. The average Bonchev–Trinajstić information content (AvgIpc) is 2.92. The van der Waals surface area contributed by atoms with E-state index in [1.807, 2.05) is 47.4 Å². The number of terminal acetylenes is 1. The van der Waals surface area contributed by atoms with Gasteiger partial charge in [-0.1, -0.05) is 38.0 Å². The highest BCUT2D eigenvalue weighted by atomic mass is 79.9. The van der Waals surface area contributed by atoms with E-state index >= 15 is 0 Å². The molecule has 5 heteroatoms. The fraction of sp³-hybridized carbons (Fsp3) is 0.261. The molecule has 0 saturated heterocycles. The quantitative estimate of drug-likeness (QED) is 0.468. The molecule has 0 N–H and O–H groups in total. The lowest BCUT2D eigenvalue weighted by Crippen LogP contribution is -2.30. The summed E-state index contributed by atoms with van der Waals surface area (Å²) in [5.74, 6) is 3.92. The molecule has 0 radical (unpaired) electrons. The van der Waals surface area contributed by atoms with Crippen molar-refractivity contribution in [3.63, 3.8) is 0 Å². The molecule has 3 rings (SSSR count). The second-order valence-electron chi connectivity index (χ2n) is 6.91. The van der Waals surface area contributed by atoms with Gasteiger partial charge >= 0.3 is 0 Å². The molecule has 0 spiro atoms. The van der Waals surface area contributed by atoms with Gasteiger partial charge in [-0.25, -0.2) is 0 Å². The molecular weight excluding hydrogens is 418 g/mol. The van der Waals surface area contributed by atoms with E-state index in [1.165, 1.54) is 0 Å². The molecular formula is C23H22BrNO3. The third-order valence-corrected chi connectivity index (χ3v) is 4.96. The first-order valence-electron chi connectivity index (χ1n) is 9.03. The number of rotatable bonds is 6. The molecule has 2 aromatic rings. The molecule has 1 aliphatic heterocycles. The Bertz CT molecular complexity index is 972. The standard InChI is InChI=1S/C23H22BrNO3/c1-5-10-28-22-19(24)12-16(13-21(22)27-4)11-18-17-8-6-7-9-20(17)25(23(18)26)14-15(2)3/h1,6-9,11-13,15H,10,14H2,2-4H3/b18-11-. The van der Waals surface area contributed by atoms with Gasteiger partial charge in [0, 0.05) is 17.7 Å². The number of benzene rings is 2. The second-order valence-corrected chi connectivity index (χ2v) is 7.77. The molecule has 0 bridgehead atoms. The molecule has 0 fully saturated rings. The summed E-state index contributed by atoms with van der Waals surface area (Å²) in [5, 5.41) is 0. The zero-order valence-corrected chi connectivity index (χ0v) is 17.7. The van der Waals surface area contributed by atoms with Crippen LogP contribution in [0.5, 0.6) is 11.5 Å². The van der Waals surface area contributed by atoms with Gasteiger partial charge in [0.2, 0.25) is 0 Å². The predicted octanol–water partition coefficient (Wildman–Crippen LogP) is 5.01. The SMILES string of the molecule is C#CCOc1c(Br)cc(/C=C2\C(=O)N(CC(C)C)c3ccccc32)cc1OC. The van der Waals surface area contributed by atoms with E-state index in [-0.39, 0.29) is 12.5 Å². The van der Waals surface area contributed by atoms with E-state index in [0.29, 0.717) is 34.0 Å².